The zero-order valence-electron chi connectivity index (χ0n) is 17.8. The van der Waals surface area contributed by atoms with Gasteiger partial charge in [0.2, 0.25) is 11.8 Å². The first-order valence-electron chi connectivity index (χ1n) is 10.8. The molecule has 2 atom stereocenters. The molecule has 2 fully saturated rings. The van der Waals surface area contributed by atoms with Crippen LogP contribution in [-0.4, -0.2) is 42.6 Å². The minimum absolute atomic E-state index is 0.0296. The molecule has 0 aliphatic carbocycles. The maximum Gasteiger partial charge on any atom is 0.234 e. The minimum atomic E-state index is -0.484. The number of hydrogen-bond donors (Lipinski definition) is 0. The van der Waals surface area contributed by atoms with Gasteiger partial charge < -0.3 is 9.64 Å². The van der Waals surface area contributed by atoms with Crippen LogP contribution in [0.1, 0.15) is 24.8 Å². The third kappa shape index (κ3) is 4.12. The van der Waals surface area contributed by atoms with Gasteiger partial charge in [-0.25, -0.2) is 9.37 Å². The molecule has 2 aliphatic heterocycles. The molecule has 6 nitrogen and oxygen atoms in total. The van der Waals surface area contributed by atoms with E-state index in [0.717, 1.165) is 28.6 Å². The lowest BCUT2D eigenvalue weighted by Crippen LogP contribution is -2.42. The summed E-state index contributed by atoms with van der Waals surface area (Å²) < 4.78 is 20.1. The van der Waals surface area contributed by atoms with Crippen molar-refractivity contribution < 1.29 is 18.7 Å². The van der Waals surface area contributed by atoms with Crippen molar-refractivity contribution in [3.05, 3.63) is 53.8 Å². The van der Waals surface area contributed by atoms with Crippen molar-refractivity contribution in [3.63, 3.8) is 0 Å². The minimum Gasteiger partial charge on any atom is -0.376 e. The van der Waals surface area contributed by atoms with Crippen molar-refractivity contribution in [2.75, 3.05) is 29.5 Å². The lowest BCUT2D eigenvalue weighted by molar-refractivity contribution is -0.124. The SMILES string of the molecule is Cc1ccc2nc(N(CC3CCCO3)C(=O)C3CC(=O)N(c4ccc(F)cc4)C3)sc2c1. The number of ether oxygens (including phenoxy) is 1. The van der Waals surface area contributed by atoms with Crippen LogP contribution in [0.5, 0.6) is 0 Å². The van der Waals surface area contributed by atoms with Gasteiger partial charge in [-0.05, 0) is 61.7 Å². The fourth-order valence-corrected chi connectivity index (χ4v) is 5.43. The highest BCUT2D eigenvalue weighted by atomic mass is 32.1. The molecule has 0 N–H and O–H groups in total. The van der Waals surface area contributed by atoms with Crippen molar-refractivity contribution in [2.45, 2.75) is 32.3 Å². The molecule has 0 spiro atoms. The summed E-state index contributed by atoms with van der Waals surface area (Å²) >= 11 is 1.49. The summed E-state index contributed by atoms with van der Waals surface area (Å²) in [7, 11) is 0. The summed E-state index contributed by atoms with van der Waals surface area (Å²) in [5.41, 5.74) is 2.60. The van der Waals surface area contributed by atoms with Gasteiger partial charge in [-0.3, -0.25) is 14.5 Å². The van der Waals surface area contributed by atoms with E-state index in [1.807, 2.05) is 19.1 Å². The molecule has 0 bridgehead atoms. The summed E-state index contributed by atoms with van der Waals surface area (Å²) in [6, 6.07) is 11.8. The van der Waals surface area contributed by atoms with E-state index in [2.05, 4.69) is 6.07 Å². The lowest BCUT2D eigenvalue weighted by Gasteiger charge is -2.25. The normalized spacial score (nSPS) is 20.9. The summed E-state index contributed by atoms with van der Waals surface area (Å²) in [6.45, 7) is 3.43. The molecule has 8 heteroatoms. The predicted molar refractivity (Wildman–Crippen MR) is 123 cm³/mol. The van der Waals surface area contributed by atoms with Crippen LogP contribution in [-0.2, 0) is 14.3 Å². The molecule has 2 saturated heterocycles. The molecule has 166 valence electrons. The number of benzene rings is 2. The van der Waals surface area contributed by atoms with E-state index in [0.29, 0.717) is 24.0 Å². The standard InChI is InChI=1S/C24H24FN3O3S/c1-15-4-9-20-21(11-15)32-24(26-20)28(14-19-3-2-10-31-19)23(30)16-12-22(29)27(13-16)18-7-5-17(25)6-8-18/h4-9,11,16,19H,2-3,10,12-14H2,1H3. The molecule has 32 heavy (non-hydrogen) atoms. The van der Waals surface area contributed by atoms with Crippen LogP contribution in [0.25, 0.3) is 10.2 Å². The number of rotatable bonds is 5. The van der Waals surface area contributed by atoms with E-state index in [1.54, 1.807) is 21.9 Å². The average Bonchev–Trinajstić information content (AvgIpc) is 3.51. The molecule has 5 rings (SSSR count). The van der Waals surface area contributed by atoms with E-state index in [1.165, 1.54) is 23.5 Å². The monoisotopic (exact) mass is 453 g/mol. The van der Waals surface area contributed by atoms with Crippen LogP contribution in [0, 0.1) is 18.7 Å². The number of halogens is 1. The van der Waals surface area contributed by atoms with Gasteiger partial charge in [-0.15, -0.1) is 0 Å². The first kappa shape index (κ1) is 21.0. The number of thiazole rings is 1. The average molecular weight is 454 g/mol. The zero-order chi connectivity index (χ0) is 22.2. The third-order valence-electron chi connectivity index (χ3n) is 6.05. The van der Waals surface area contributed by atoms with Gasteiger partial charge in [0.1, 0.15) is 5.82 Å². The number of carbonyl (C=O) groups is 2. The molecule has 1 aromatic heterocycles. The summed E-state index contributed by atoms with van der Waals surface area (Å²) in [5, 5.41) is 0.638. The topological polar surface area (TPSA) is 62.7 Å². The Bertz CT molecular complexity index is 1160. The molecule has 2 unspecified atom stereocenters. The van der Waals surface area contributed by atoms with Crippen LogP contribution in [0.4, 0.5) is 15.2 Å². The number of nitrogens with zero attached hydrogens (tertiary/aromatic N) is 3. The first-order chi connectivity index (χ1) is 15.5. The van der Waals surface area contributed by atoms with Crippen LogP contribution in [0.3, 0.4) is 0 Å². The van der Waals surface area contributed by atoms with Crippen LogP contribution >= 0.6 is 11.3 Å². The van der Waals surface area contributed by atoms with Gasteiger partial charge in [-0.1, -0.05) is 17.4 Å². The van der Waals surface area contributed by atoms with Crippen molar-refractivity contribution in [1.82, 2.24) is 4.98 Å². The van der Waals surface area contributed by atoms with Gasteiger partial charge >= 0.3 is 0 Å². The maximum atomic E-state index is 13.7. The number of fused-ring (bicyclic) bond motifs is 1. The summed E-state index contributed by atoms with van der Waals surface area (Å²) in [5.74, 6) is -1.09. The van der Waals surface area contributed by atoms with Gasteiger partial charge in [-0.2, -0.15) is 0 Å². The second-order valence-electron chi connectivity index (χ2n) is 8.43. The number of hydrogen-bond acceptors (Lipinski definition) is 5. The van der Waals surface area contributed by atoms with Crippen molar-refractivity contribution in [1.29, 1.82) is 0 Å². The highest BCUT2D eigenvalue weighted by Gasteiger charge is 2.39. The molecule has 0 saturated carbocycles. The molecule has 3 aromatic rings. The second-order valence-corrected chi connectivity index (χ2v) is 9.44. The Morgan fingerprint density at radius 2 is 2.09 bits per heavy atom. The Labute approximate surface area is 189 Å². The molecular weight excluding hydrogens is 429 g/mol. The first-order valence-corrected chi connectivity index (χ1v) is 11.7. The van der Waals surface area contributed by atoms with E-state index < -0.39 is 5.92 Å². The smallest absolute Gasteiger partial charge is 0.234 e. The Hall–Kier alpha value is -2.84. The van der Waals surface area contributed by atoms with Crippen molar-refractivity contribution >= 4 is 44.2 Å². The number of aromatic nitrogens is 1. The van der Waals surface area contributed by atoms with Crippen LogP contribution in [0.2, 0.25) is 0 Å². The van der Waals surface area contributed by atoms with Crippen molar-refractivity contribution in [3.8, 4) is 0 Å². The van der Waals surface area contributed by atoms with E-state index in [9.17, 15) is 14.0 Å². The largest absolute Gasteiger partial charge is 0.376 e. The Morgan fingerprint density at radius 3 is 2.84 bits per heavy atom. The summed E-state index contributed by atoms with van der Waals surface area (Å²) in [4.78, 5) is 34.3. The number of carbonyl (C=O) groups excluding carboxylic acids is 2. The van der Waals surface area contributed by atoms with E-state index >= 15 is 0 Å². The van der Waals surface area contributed by atoms with Crippen molar-refractivity contribution in [2.24, 2.45) is 5.92 Å². The van der Waals surface area contributed by atoms with Crippen LogP contribution < -0.4 is 9.80 Å². The molecule has 2 aliphatic rings. The molecule has 2 amide bonds. The molecule has 3 heterocycles. The molecular formula is C24H24FN3O3S. The van der Waals surface area contributed by atoms with E-state index in [-0.39, 0.29) is 36.7 Å². The number of amides is 2. The third-order valence-corrected chi connectivity index (χ3v) is 7.09. The molecule has 2 aromatic carbocycles. The highest BCUT2D eigenvalue weighted by molar-refractivity contribution is 7.22. The maximum absolute atomic E-state index is 13.7. The Morgan fingerprint density at radius 1 is 1.28 bits per heavy atom. The summed E-state index contributed by atoms with van der Waals surface area (Å²) in [6.07, 6.45) is 1.98. The lowest BCUT2D eigenvalue weighted by atomic mass is 10.1. The van der Waals surface area contributed by atoms with Gasteiger partial charge in [0, 0.05) is 25.3 Å². The van der Waals surface area contributed by atoms with Gasteiger partial charge in [0.05, 0.1) is 28.8 Å². The number of anilines is 2. The zero-order valence-corrected chi connectivity index (χ0v) is 18.6. The Kier molecular flexibility index (Phi) is 5.65. The second kappa shape index (κ2) is 8.60. The molecule has 0 radical (unpaired) electrons. The highest BCUT2D eigenvalue weighted by Crippen LogP contribution is 2.33. The van der Waals surface area contributed by atoms with Gasteiger partial charge in [0.25, 0.3) is 0 Å². The predicted octanol–water partition coefficient (Wildman–Crippen LogP) is 4.31. The Balaban J connectivity index is 1.42. The fraction of sp³-hybridized carbons (Fsp3) is 0.375. The number of aryl methyl sites for hydroxylation is 1. The van der Waals surface area contributed by atoms with E-state index in [4.69, 9.17) is 9.72 Å². The quantitative estimate of drug-likeness (QED) is 0.578. The van der Waals surface area contributed by atoms with Crippen LogP contribution in [0.15, 0.2) is 42.5 Å². The van der Waals surface area contributed by atoms with Gasteiger partial charge in [0.15, 0.2) is 5.13 Å². The fourth-order valence-electron chi connectivity index (χ4n) is 4.35.